The number of rotatable bonds is 12. The van der Waals surface area contributed by atoms with Gasteiger partial charge in [0.25, 0.3) is 0 Å². The number of hydrogen-bond acceptors (Lipinski definition) is 5. The highest BCUT2D eigenvalue weighted by molar-refractivity contribution is 7.91. The highest BCUT2D eigenvalue weighted by Crippen LogP contribution is 2.25. The normalized spacial score (nSPS) is 11.9. The Morgan fingerprint density at radius 1 is 0.848 bits per heavy atom. The summed E-state index contributed by atoms with van der Waals surface area (Å²) in [5, 5.41) is 4.71. The maximum Gasteiger partial charge on any atom is 0.346 e. The fourth-order valence-electron chi connectivity index (χ4n) is 5.49. The highest BCUT2D eigenvalue weighted by Gasteiger charge is 2.16. The van der Waals surface area contributed by atoms with Gasteiger partial charge in [0.05, 0.1) is 29.9 Å². The van der Waals surface area contributed by atoms with E-state index in [-0.39, 0.29) is 16.9 Å². The van der Waals surface area contributed by atoms with E-state index >= 15 is 0 Å². The van der Waals surface area contributed by atoms with Crippen LogP contribution in [0.3, 0.4) is 0 Å². The first kappa shape index (κ1) is 32.9. The Hall–Kier alpha value is -4.50. The molecule has 5 aromatic rings. The molecule has 0 bridgehead atoms. The van der Waals surface area contributed by atoms with Crippen LogP contribution in [0, 0.1) is 6.92 Å². The molecule has 3 aromatic carbocycles. The number of anilines is 1. The zero-order chi connectivity index (χ0) is 32.9. The van der Waals surface area contributed by atoms with Gasteiger partial charge in [-0.05, 0) is 66.0 Å². The Kier molecular flexibility index (Phi) is 9.91. The number of aryl methyl sites for hydroxylation is 3. The van der Waals surface area contributed by atoms with Crippen LogP contribution in [0.1, 0.15) is 67.8 Å². The molecule has 0 spiro atoms. The van der Waals surface area contributed by atoms with Crippen LogP contribution in [0.15, 0.2) is 95.9 Å². The summed E-state index contributed by atoms with van der Waals surface area (Å²) < 4.78 is 31.4. The van der Waals surface area contributed by atoms with Gasteiger partial charge in [-0.3, -0.25) is 14.3 Å². The van der Waals surface area contributed by atoms with Crippen molar-refractivity contribution in [2.75, 3.05) is 4.72 Å². The molecule has 9 heteroatoms. The molecule has 46 heavy (non-hydrogen) atoms. The Labute approximate surface area is 272 Å². The smallest absolute Gasteiger partial charge is 0.281 e. The number of nitrogens with one attached hydrogen (secondary N) is 1. The van der Waals surface area contributed by atoms with Crippen LogP contribution in [0.2, 0.25) is 0 Å². The third-order valence-electron chi connectivity index (χ3n) is 8.16. The predicted octanol–water partition coefficient (Wildman–Crippen LogP) is 6.90. The lowest BCUT2D eigenvalue weighted by Gasteiger charge is -2.19. The minimum Gasteiger partial charge on any atom is -0.281 e. The van der Waals surface area contributed by atoms with Gasteiger partial charge in [-0.1, -0.05) is 99.6 Å². The van der Waals surface area contributed by atoms with Crippen molar-refractivity contribution in [3.05, 3.63) is 135 Å². The third kappa shape index (κ3) is 8.20. The molecule has 0 aliphatic carbocycles. The van der Waals surface area contributed by atoms with Crippen molar-refractivity contribution >= 4 is 15.7 Å². The SMILES string of the molecule is CCn1c(CCCc2ccc(-c3cc(C)c(NS(=O)(=O)Cc4ccccc4)cn3)cc2)nn(Cc2ccc(C(C)(C)C)cc2)c1=O. The first-order chi connectivity index (χ1) is 21.9. The summed E-state index contributed by atoms with van der Waals surface area (Å²) in [6.45, 7) is 11.5. The van der Waals surface area contributed by atoms with Gasteiger partial charge in [0.1, 0.15) is 5.82 Å². The lowest BCUT2D eigenvalue weighted by Crippen LogP contribution is -2.25. The van der Waals surface area contributed by atoms with Crippen LogP contribution >= 0.6 is 0 Å². The average molecular weight is 638 g/mol. The zero-order valence-corrected chi connectivity index (χ0v) is 28.1. The van der Waals surface area contributed by atoms with Crippen molar-refractivity contribution in [1.29, 1.82) is 0 Å². The highest BCUT2D eigenvalue weighted by atomic mass is 32.2. The Bertz CT molecular complexity index is 1940. The van der Waals surface area contributed by atoms with Crippen molar-refractivity contribution in [2.45, 2.75) is 78.1 Å². The Morgan fingerprint density at radius 2 is 1.52 bits per heavy atom. The minimum atomic E-state index is -3.56. The van der Waals surface area contributed by atoms with E-state index < -0.39 is 10.0 Å². The van der Waals surface area contributed by atoms with Gasteiger partial charge in [0.15, 0.2) is 0 Å². The van der Waals surface area contributed by atoms with E-state index in [1.165, 1.54) is 11.1 Å². The van der Waals surface area contributed by atoms with Gasteiger partial charge in [-0.15, -0.1) is 0 Å². The molecule has 0 fully saturated rings. The summed E-state index contributed by atoms with van der Waals surface area (Å²) in [4.78, 5) is 17.6. The molecule has 0 aliphatic heterocycles. The molecule has 0 amide bonds. The quantitative estimate of drug-likeness (QED) is 0.161. The molecule has 0 saturated carbocycles. The fraction of sp³-hybridized carbons (Fsp3) is 0.324. The molecule has 0 saturated heterocycles. The third-order valence-corrected chi connectivity index (χ3v) is 9.40. The van der Waals surface area contributed by atoms with Crippen molar-refractivity contribution in [1.82, 2.24) is 19.3 Å². The van der Waals surface area contributed by atoms with E-state index in [1.54, 1.807) is 27.6 Å². The number of pyridine rings is 1. The Morgan fingerprint density at radius 3 is 2.15 bits per heavy atom. The van der Waals surface area contributed by atoms with Gasteiger partial charge >= 0.3 is 5.69 Å². The second-order valence-electron chi connectivity index (χ2n) is 12.8. The number of aromatic nitrogens is 4. The maximum atomic E-state index is 13.1. The van der Waals surface area contributed by atoms with Crippen LogP contribution in [-0.4, -0.2) is 27.7 Å². The summed E-state index contributed by atoms with van der Waals surface area (Å²) in [6, 6.07) is 27.7. The predicted molar refractivity (Wildman–Crippen MR) is 186 cm³/mol. The number of benzene rings is 3. The van der Waals surface area contributed by atoms with Crippen LogP contribution in [0.5, 0.6) is 0 Å². The van der Waals surface area contributed by atoms with E-state index in [1.807, 2.05) is 50.2 Å². The average Bonchev–Trinajstić information content (AvgIpc) is 3.31. The standard InChI is InChI=1S/C37H43N5O3S/c1-6-41-35(39-42(36(41)43)25-29-17-21-32(22-18-29)37(3,4)5)14-10-13-28-15-19-31(20-16-28)33-23-27(2)34(24-38-33)40-46(44,45)26-30-11-8-7-9-12-30/h7-9,11-12,15-24,40H,6,10,13-14,25-26H2,1-5H3. The molecule has 0 aliphatic rings. The van der Waals surface area contributed by atoms with Crippen molar-refractivity contribution < 1.29 is 8.42 Å². The van der Waals surface area contributed by atoms with E-state index in [2.05, 4.69) is 66.9 Å². The van der Waals surface area contributed by atoms with Gasteiger partial charge in [-0.2, -0.15) is 5.10 Å². The van der Waals surface area contributed by atoms with Crippen molar-refractivity contribution in [3.63, 3.8) is 0 Å². The number of nitrogens with zero attached hydrogens (tertiary/aromatic N) is 4. The summed E-state index contributed by atoms with van der Waals surface area (Å²) in [6.07, 6.45) is 4.01. The van der Waals surface area contributed by atoms with Crippen molar-refractivity contribution in [2.24, 2.45) is 0 Å². The van der Waals surface area contributed by atoms with Gasteiger partial charge < -0.3 is 0 Å². The second kappa shape index (κ2) is 13.9. The second-order valence-corrected chi connectivity index (χ2v) is 14.6. The summed E-state index contributed by atoms with van der Waals surface area (Å²) in [5.74, 6) is 0.718. The topological polar surface area (TPSA) is 98.9 Å². The molecule has 0 atom stereocenters. The van der Waals surface area contributed by atoms with E-state index in [0.29, 0.717) is 25.2 Å². The Balaban J connectivity index is 1.18. The van der Waals surface area contributed by atoms with E-state index in [9.17, 15) is 13.2 Å². The van der Waals surface area contributed by atoms with Gasteiger partial charge in [0.2, 0.25) is 10.0 Å². The summed E-state index contributed by atoms with van der Waals surface area (Å²) in [7, 11) is -3.56. The summed E-state index contributed by atoms with van der Waals surface area (Å²) in [5.41, 5.74) is 7.27. The molecule has 5 rings (SSSR count). The lowest BCUT2D eigenvalue weighted by molar-refractivity contribution is 0.588. The van der Waals surface area contributed by atoms with Crippen LogP contribution < -0.4 is 10.4 Å². The van der Waals surface area contributed by atoms with Gasteiger partial charge in [-0.25, -0.2) is 17.9 Å². The molecule has 0 radical (unpaired) electrons. The number of sulfonamides is 1. The van der Waals surface area contributed by atoms with E-state index in [4.69, 9.17) is 5.10 Å². The van der Waals surface area contributed by atoms with Crippen LogP contribution in [0.25, 0.3) is 11.3 Å². The van der Waals surface area contributed by atoms with Crippen molar-refractivity contribution in [3.8, 4) is 11.3 Å². The van der Waals surface area contributed by atoms with Gasteiger partial charge in [0, 0.05) is 18.5 Å². The van der Waals surface area contributed by atoms with E-state index in [0.717, 1.165) is 46.6 Å². The first-order valence-corrected chi connectivity index (χ1v) is 17.4. The molecule has 8 nitrogen and oxygen atoms in total. The molecule has 2 heterocycles. The monoisotopic (exact) mass is 637 g/mol. The largest absolute Gasteiger partial charge is 0.346 e. The molecule has 2 aromatic heterocycles. The maximum absolute atomic E-state index is 13.1. The lowest BCUT2D eigenvalue weighted by atomic mass is 9.87. The first-order valence-electron chi connectivity index (χ1n) is 15.8. The molecule has 0 unspecified atom stereocenters. The molecular formula is C37H43N5O3S. The van der Waals surface area contributed by atoms with Crippen LogP contribution in [0.4, 0.5) is 5.69 Å². The molecule has 240 valence electrons. The molecule has 1 N–H and O–H groups in total. The van der Waals surface area contributed by atoms with Crippen LogP contribution in [-0.2, 0) is 47.1 Å². The zero-order valence-electron chi connectivity index (χ0n) is 27.3. The fourth-order valence-corrected chi connectivity index (χ4v) is 6.74. The number of hydrogen-bond donors (Lipinski definition) is 1. The molecular weight excluding hydrogens is 595 g/mol. The minimum absolute atomic E-state index is 0.0699. The summed E-state index contributed by atoms with van der Waals surface area (Å²) >= 11 is 0.